The smallest absolute Gasteiger partial charge is 0.335 e. The van der Waals surface area contributed by atoms with Crippen molar-refractivity contribution in [2.24, 2.45) is 10.2 Å². The summed E-state index contributed by atoms with van der Waals surface area (Å²) in [5, 5.41) is 22.6. The van der Waals surface area contributed by atoms with Gasteiger partial charge in [0.25, 0.3) is 0 Å². The van der Waals surface area contributed by atoms with Gasteiger partial charge in [0.2, 0.25) is 11.8 Å². The molecule has 1 heterocycles. The first kappa shape index (κ1) is 21.5. The van der Waals surface area contributed by atoms with E-state index in [1.807, 2.05) is 12.1 Å². The normalized spacial score (nSPS) is 17.7. The number of amides is 2. The van der Waals surface area contributed by atoms with Gasteiger partial charge in [-0.2, -0.15) is 5.10 Å². The molecule has 0 aromatic heterocycles. The van der Waals surface area contributed by atoms with Gasteiger partial charge in [0.15, 0.2) is 5.17 Å². The van der Waals surface area contributed by atoms with Gasteiger partial charge in [-0.15, -0.1) is 5.10 Å². The Bertz CT molecular complexity index is 1040. The Labute approximate surface area is 181 Å². The molecule has 30 heavy (non-hydrogen) atoms. The zero-order valence-electron chi connectivity index (χ0n) is 15.8. The fourth-order valence-electron chi connectivity index (χ4n) is 2.53. The fraction of sp³-hybridized carbons (Fsp3) is 0.150. The van der Waals surface area contributed by atoms with Crippen molar-refractivity contribution in [1.82, 2.24) is 5.32 Å². The van der Waals surface area contributed by atoms with E-state index in [0.29, 0.717) is 21.6 Å². The summed E-state index contributed by atoms with van der Waals surface area (Å²) in [5.74, 6) is -1.74. The minimum Gasteiger partial charge on any atom is -0.478 e. The SMILES string of the molecule is C/C(=N/N=C1\NC(=O)[C@H](CC(=O)Nc2ccc(C(=O)O)cc2)S1)c1ccc(Cl)cc1. The minimum absolute atomic E-state index is 0.0594. The summed E-state index contributed by atoms with van der Waals surface area (Å²) in [6.07, 6.45) is -0.0594. The van der Waals surface area contributed by atoms with Gasteiger partial charge < -0.3 is 15.7 Å². The molecule has 3 rings (SSSR count). The molecule has 0 unspecified atom stereocenters. The lowest BCUT2D eigenvalue weighted by atomic mass is 10.1. The third kappa shape index (κ3) is 5.68. The second kappa shape index (κ2) is 9.55. The molecular formula is C20H17ClN4O4S. The maximum atomic E-state index is 12.2. The molecular weight excluding hydrogens is 428 g/mol. The Morgan fingerprint density at radius 1 is 1.13 bits per heavy atom. The minimum atomic E-state index is -1.05. The van der Waals surface area contributed by atoms with Crippen molar-refractivity contribution in [2.45, 2.75) is 18.6 Å². The van der Waals surface area contributed by atoms with Crippen LogP contribution in [0.4, 0.5) is 5.69 Å². The quantitative estimate of drug-likeness (QED) is 0.466. The van der Waals surface area contributed by atoms with Crippen LogP contribution in [0.3, 0.4) is 0 Å². The number of carboxylic acids is 1. The molecule has 1 fully saturated rings. The van der Waals surface area contributed by atoms with E-state index in [4.69, 9.17) is 16.7 Å². The highest BCUT2D eigenvalue weighted by Gasteiger charge is 2.32. The number of hydrogen-bond acceptors (Lipinski definition) is 6. The molecule has 154 valence electrons. The van der Waals surface area contributed by atoms with Crippen LogP contribution in [0, 0.1) is 0 Å². The molecule has 1 aliphatic heterocycles. The lowest BCUT2D eigenvalue weighted by Crippen LogP contribution is -2.28. The lowest BCUT2D eigenvalue weighted by molar-refractivity contribution is -0.122. The van der Waals surface area contributed by atoms with E-state index in [9.17, 15) is 14.4 Å². The molecule has 0 bridgehead atoms. The molecule has 10 heteroatoms. The van der Waals surface area contributed by atoms with Gasteiger partial charge >= 0.3 is 5.97 Å². The summed E-state index contributed by atoms with van der Waals surface area (Å²) in [4.78, 5) is 35.2. The summed E-state index contributed by atoms with van der Waals surface area (Å²) in [6, 6.07) is 12.9. The molecule has 0 saturated carbocycles. The van der Waals surface area contributed by atoms with Crippen molar-refractivity contribution < 1.29 is 19.5 Å². The number of aromatic carboxylic acids is 1. The third-order valence-electron chi connectivity index (χ3n) is 4.12. The highest BCUT2D eigenvalue weighted by molar-refractivity contribution is 8.15. The molecule has 1 atom stereocenters. The second-order valence-electron chi connectivity index (χ2n) is 6.33. The number of anilines is 1. The molecule has 8 nitrogen and oxygen atoms in total. The van der Waals surface area contributed by atoms with Crippen LogP contribution in [-0.4, -0.2) is 39.0 Å². The van der Waals surface area contributed by atoms with Crippen LogP contribution in [-0.2, 0) is 9.59 Å². The van der Waals surface area contributed by atoms with Gasteiger partial charge in [-0.1, -0.05) is 35.5 Å². The van der Waals surface area contributed by atoms with Gasteiger partial charge in [0.1, 0.15) is 5.25 Å². The van der Waals surface area contributed by atoms with Gasteiger partial charge in [-0.25, -0.2) is 4.79 Å². The number of nitrogens with one attached hydrogen (secondary N) is 2. The number of nitrogens with zero attached hydrogens (tertiary/aromatic N) is 2. The number of amidine groups is 1. The molecule has 2 aromatic carbocycles. The van der Waals surface area contributed by atoms with Crippen LogP contribution in [0.25, 0.3) is 0 Å². The zero-order chi connectivity index (χ0) is 21.7. The fourth-order valence-corrected chi connectivity index (χ4v) is 3.58. The number of carboxylic acid groups (broad SMARTS) is 1. The number of thioether (sulfide) groups is 1. The standard InChI is InChI=1S/C20H17ClN4O4S/c1-11(12-2-6-14(21)7-3-12)24-25-20-23-18(27)16(30-20)10-17(26)22-15-8-4-13(5-9-15)19(28)29/h2-9,16H,10H2,1H3,(H,22,26)(H,28,29)(H,23,25,27)/b24-11-/t16-/m0/s1. The first-order valence-corrected chi connectivity index (χ1v) is 10.1. The largest absolute Gasteiger partial charge is 0.478 e. The van der Waals surface area contributed by atoms with Crippen molar-refractivity contribution in [2.75, 3.05) is 5.32 Å². The Morgan fingerprint density at radius 2 is 1.77 bits per heavy atom. The Morgan fingerprint density at radius 3 is 2.40 bits per heavy atom. The van der Waals surface area contributed by atoms with Gasteiger partial charge in [-0.05, 0) is 48.9 Å². The number of benzene rings is 2. The van der Waals surface area contributed by atoms with E-state index < -0.39 is 11.2 Å². The number of carbonyl (C=O) groups excluding carboxylic acids is 2. The van der Waals surface area contributed by atoms with Crippen LogP contribution >= 0.6 is 23.4 Å². The molecule has 1 saturated heterocycles. The molecule has 2 aromatic rings. The predicted octanol–water partition coefficient (Wildman–Crippen LogP) is 3.38. The maximum absolute atomic E-state index is 12.2. The van der Waals surface area contributed by atoms with Gasteiger partial charge in [-0.3, -0.25) is 9.59 Å². The Balaban J connectivity index is 1.57. The molecule has 1 aliphatic rings. The number of carbonyl (C=O) groups is 3. The van der Waals surface area contributed by atoms with E-state index in [1.54, 1.807) is 19.1 Å². The average Bonchev–Trinajstić information content (AvgIpc) is 3.06. The number of rotatable bonds is 6. The maximum Gasteiger partial charge on any atom is 0.335 e. The molecule has 0 spiro atoms. The second-order valence-corrected chi connectivity index (χ2v) is 7.96. The highest BCUT2D eigenvalue weighted by Crippen LogP contribution is 2.23. The molecule has 3 N–H and O–H groups in total. The van der Waals surface area contributed by atoms with Crippen molar-refractivity contribution in [3.63, 3.8) is 0 Å². The summed E-state index contributed by atoms with van der Waals surface area (Å²) >= 11 is 6.99. The van der Waals surface area contributed by atoms with Crippen LogP contribution in [0.1, 0.15) is 29.3 Å². The summed E-state index contributed by atoms with van der Waals surface area (Å²) in [5.41, 5.74) is 2.07. The van der Waals surface area contributed by atoms with E-state index >= 15 is 0 Å². The summed E-state index contributed by atoms with van der Waals surface area (Å²) in [6.45, 7) is 1.79. The van der Waals surface area contributed by atoms with Gasteiger partial charge in [0.05, 0.1) is 11.3 Å². The average molecular weight is 445 g/mol. The van der Waals surface area contributed by atoms with Crippen LogP contribution in [0.15, 0.2) is 58.7 Å². The topological polar surface area (TPSA) is 120 Å². The molecule has 0 radical (unpaired) electrons. The van der Waals surface area contributed by atoms with Crippen LogP contribution < -0.4 is 10.6 Å². The summed E-state index contributed by atoms with van der Waals surface area (Å²) in [7, 11) is 0. The summed E-state index contributed by atoms with van der Waals surface area (Å²) < 4.78 is 0. The number of halogens is 1. The van der Waals surface area contributed by atoms with Crippen molar-refractivity contribution in [1.29, 1.82) is 0 Å². The van der Waals surface area contributed by atoms with E-state index in [1.165, 1.54) is 24.3 Å². The first-order valence-electron chi connectivity index (χ1n) is 8.81. The third-order valence-corrected chi connectivity index (χ3v) is 5.44. The monoisotopic (exact) mass is 444 g/mol. The zero-order valence-corrected chi connectivity index (χ0v) is 17.3. The van der Waals surface area contributed by atoms with Crippen molar-refractivity contribution in [3.8, 4) is 0 Å². The first-order chi connectivity index (χ1) is 14.3. The van der Waals surface area contributed by atoms with E-state index in [2.05, 4.69) is 20.8 Å². The Hall–Kier alpha value is -3.17. The predicted molar refractivity (Wildman–Crippen MR) is 117 cm³/mol. The van der Waals surface area contributed by atoms with Gasteiger partial charge in [0, 0.05) is 17.1 Å². The van der Waals surface area contributed by atoms with E-state index in [0.717, 1.165) is 17.3 Å². The van der Waals surface area contributed by atoms with Crippen LogP contribution in [0.2, 0.25) is 5.02 Å². The molecule has 2 amide bonds. The highest BCUT2D eigenvalue weighted by atomic mass is 35.5. The van der Waals surface area contributed by atoms with Crippen LogP contribution in [0.5, 0.6) is 0 Å². The van der Waals surface area contributed by atoms with Crippen molar-refractivity contribution in [3.05, 3.63) is 64.7 Å². The lowest BCUT2D eigenvalue weighted by Gasteiger charge is -2.07. The Kier molecular flexibility index (Phi) is 6.86. The van der Waals surface area contributed by atoms with Crippen molar-refractivity contribution >= 4 is 57.7 Å². The molecule has 0 aliphatic carbocycles. The van der Waals surface area contributed by atoms with E-state index in [-0.39, 0.29) is 23.8 Å². The number of hydrogen-bond donors (Lipinski definition) is 3.